The SMILES string of the molecule is O=CCN1CCN(c2ccc(Nc3nc(N4CCCCC4)c4cc[nH]c4n3)cc2)CC1. The van der Waals surface area contributed by atoms with Crippen LogP contribution in [0.4, 0.5) is 23.1 Å². The molecule has 0 spiro atoms. The molecule has 8 nitrogen and oxygen atoms in total. The van der Waals surface area contributed by atoms with Gasteiger partial charge in [0.15, 0.2) is 0 Å². The van der Waals surface area contributed by atoms with Gasteiger partial charge in [-0.15, -0.1) is 0 Å². The number of benzene rings is 1. The van der Waals surface area contributed by atoms with Crippen molar-refractivity contribution in [2.75, 3.05) is 60.9 Å². The minimum Gasteiger partial charge on any atom is -0.369 e. The third-order valence-corrected chi connectivity index (χ3v) is 6.24. The fourth-order valence-electron chi connectivity index (χ4n) is 4.51. The molecule has 2 aliphatic heterocycles. The van der Waals surface area contributed by atoms with E-state index in [2.05, 4.69) is 60.3 Å². The van der Waals surface area contributed by atoms with E-state index in [1.165, 1.54) is 24.9 Å². The number of anilines is 4. The zero-order valence-corrected chi connectivity index (χ0v) is 17.8. The van der Waals surface area contributed by atoms with Crippen molar-refractivity contribution in [3.63, 3.8) is 0 Å². The fraction of sp³-hybridized carbons (Fsp3) is 0.435. The van der Waals surface area contributed by atoms with Gasteiger partial charge >= 0.3 is 0 Å². The molecule has 2 N–H and O–H groups in total. The Labute approximate surface area is 182 Å². The van der Waals surface area contributed by atoms with Crippen molar-refractivity contribution in [3.8, 4) is 0 Å². The maximum atomic E-state index is 10.7. The molecule has 0 saturated carbocycles. The zero-order valence-electron chi connectivity index (χ0n) is 17.8. The molecular weight excluding hydrogens is 390 g/mol. The van der Waals surface area contributed by atoms with Crippen LogP contribution in [-0.2, 0) is 4.79 Å². The first kappa shape index (κ1) is 19.8. The molecule has 0 radical (unpaired) electrons. The van der Waals surface area contributed by atoms with Gasteiger partial charge < -0.3 is 24.9 Å². The smallest absolute Gasteiger partial charge is 0.231 e. The van der Waals surface area contributed by atoms with Crippen molar-refractivity contribution >= 4 is 40.5 Å². The lowest BCUT2D eigenvalue weighted by atomic mass is 10.1. The number of hydrogen-bond acceptors (Lipinski definition) is 7. The van der Waals surface area contributed by atoms with Crippen LogP contribution in [0, 0.1) is 0 Å². The molecule has 8 heteroatoms. The lowest BCUT2D eigenvalue weighted by molar-refractivity contribution is -0.108. The summed E-state index contributed by atoms with van der Waals surface area (Å²) in [5.74, 6) is 1.63. The van der Waals surface area contributed by atoms with Crippen LogP contribution >= 0.6 is 0 Å². The minimum atomic E-state index is 0.529. The van der Waals surface area contributed by atoms with Crippen LogP contribution in [-0.4, -0.2) is 72.0 Å². The van der Waals surface area contributed by atoms with Crippen molar-refractivity contribution in [2.24, 2.45) is 0 Å². The van der Waals surface area contributed by atoms with Crippen molar-refractivity contribution < 1.29 is 4.79 Å². The van der Waals surface area contributed by atoms with Crippen LogP contribution in [0.25, 0.3) is 11.0 Å². The molecule has 2 aromatic heterocycles. The van der Waals surface area contributed by atoms with E-state index in [0.717, 1.165) is 68.1 Å². The number of hydrogen-bond donors (Lipinski definition) is 2. The molecule has 2 fully saturated rings. The number of rotatable bonds is 6. The van der Waals surface area contributed by atoms with Crippen molar-refractivity contribution in [3.05, 3.63) is 36.5 Å². The third kappa shape index (κ3) is 4.34. The van der Waals surface area contributed by atoms with Crippen LogP contribution < -0.4 is 15.1 Å². The Hall–Kier alpha value is -3.13. The van der Waals surface area contributed by atoms with E-state index in [1.54, 1.807) is 0 Å². The molecular formula is C23H29N7O. The van der Waals surface area contributed by atoms with E-state index in [1.807, 2.05) is 6.20 Å². The molecule has 0 bridgehead atoms. The summed E-state index contributed by atoms with van der Waals surface area (Å²) < 4.78 is 0. The summed E-state index contributed by atoms with van der Waals surface area (Å²) in [5.41, 5.74) is 3.03. The highest BCUT2D eigenvalue weighted by Gasteiger charge is 2.19. The Balaban J connectivity index is 1.30. The molecule has 31 heavy (non-hydrogen) atoms. The quantitative estimate of drug-likeness (QED) is 0.595. The number of piperidine rings is 1. The number of nitrogens with zero attached hydrogens (tertiary/aromatic N) is 5. The second-order valence-electron chi connectivity index (χ2n) is 8.28. The maximum absolute atomic E-state index is 10.7. The van der Waals surface area contributed by atoms with E-state index in [-0.39, 0.29) is 0 Å². The van der Waals surface area contributed by atoms with Crippen LogP contribution in [0.2, 0.25) is 0 Å². The summed E-state index contributed by atoms with van der Waals surface area (Å²) in [6.45, 7) is 6.33. The number of carbonyl (C=O) groups is 1. The van der Waals surface area contributed by atoms with Gasteiger partial charge in [-0.05, 0) is 49.6 Å². The highest BCUT2D eigenvalue weighted by molar-refractivity contribution is 5.89. The normalized spacial score (nSPS) is 17.8. The van der Waals surface area contributed by atoms with Crippen molar-refractivity contribution in [2.45, 2.75) is 19.3 Å². The lowest BCUT2D eigenvalue weighted by Gasteiger charge is -2.35. The highest BCUT2D eigenvalue weighted by Crippen LogP contribution is 2.28. The number of piperazine rings is 1. The minimum absolute atomic E-state index is 0.529. The first-order valence-electron chi connectivity index (χ1n) is 11.2. The molecule has 5 rings (SSSR count). The molecule has 162 valence electrons. The number of aldehydes is 1. The molecule has 4 heterocycles. The van der Waals surface area contributed by atoms with Gasteiger partial charge in [-0.3, -0.25) is 4.90 Å². The number of aromatic nitrogens is 3. The Morgan fingerprint density at radius 3 is 2.42 bits per heavy atom. The van der Waals surface area contributed by atoms with Gasteiger partial charge in [0.1, 0.15) is 17.8 Å². The van der Waals surface area contributed by atoms with Crippen molar-refractivity contribution in [1.82, 2.24) is 19.9 Å². The zero-order chi connectivity index (χ0) is 21.0. The molecule has 2 aliphatic rings. The number of aromatic amines is 1. The van der Waals surface area contributed by atoms with Crippen LogP contribution in [0.5, 0.6) is 0 Å². The van der Waals surface area contributed by atoms with Gasteiger partial charge in [-0.1, -0.05) is 0 Å². The summed E-state index contributed by atoms with van der Waals surface area (Å²) >= 11 is 0. The summed E-state index contributed by atoms with van der Waals surface area (Å²) in [6, 6.07) is 10.5. The number of H-pyrrole nitrogens is 1. The molecule has 1 aromatic carbocycles. The standard InChI is InChI=1S/C23H29N7O/c31-17-16-28-12-14-29(15-13-28)19-6-4-18(5-7-19)25-23-26-21-20(8-9-24-21)22(27-23)30-10-2-1-3-11-30/h4-9,17H,1-3,10-16H2,(H2,24,25,26,27). The number of carbonyl (C=O) groups excluding carboxylic acids is 1. The number of nitrogens with one attached hydrogen (secondary N) is 2. The van der Waals surface area contributed by atoms with E-state index in [0.29, 0.717) is 12.5 Å². The van der Waals surface area contributed by atoms with E-state index in [9.17, 15) is 4.79 Å². The van der Waals surface area contributed by atoms with E-state index < -0.39 is 0 Å². The summed E-state index contributed by atoms with van der Waals surface area (Å²) in [4.78, 5) is 30.4. The maximum Gasteiger partial charge on any atom is 0.231 e. The molecule has 3 aromatic rings. The molecule has 0 atom stereocenters. The van der Waals surface area contributed by atoms with Gasteiger partial charge in [0, 0.05) is 56.8 Å². The first-order valence-corrected chi connectivity index (χ1v) is 11.2. The predicted octanol–water partition coefficient (Wildman–Crippen LogP) is 3.01. The highest BCUT2D eigenvalue weighted by atomic mass is 16.1. The second-order valence-corrected chi connectivity index (χ2v) is 8.28. The Morgan fingerprint density at radius 2 is 1.68 bits per heavy atom. The van der Waals surface area contributed by atoms with Gasteiger partial charge in [0.05, 0.1) is 11.9 Å². The second kappa shape index (κ2) is 8.93. The number of fused-ring (bicyclic) bond motifs is 1. The van der Waals surface area contributed by atoms with Gasteiger partial charge in [0.25, 0.3) is 0 Å². The van der Waals surface area contributed by atoms with E-state index >= 15 is 0 Å². The summed E-state index contributed by atoms with van der Waals surface area (Å²) in [7, 11) is 0. The predicted molar refractivity (Wildman–Crippen MR) is 124 cm³/mol. The van der Waals surface area contributed by atoms with E-state index in [4.69, 9.17) is 4.98 Å². The summed E-state index contributed by atoms with van der Waals surface area (Å²) in [5, 5.41) is 4.46. The Kier molecular flexibility index (Phi) is 5.71. The van der Waals surface area contributed by atoms with Crippen LogP contribution in [0.1, 0.15) is 19.3 Å². The van der Waals surface area contributed by atoms with Crippen molar-refractivity contribution in [1.29, 1.82) is 0 Å². The molecule has 0 unspecified atom stereocenters. The Morgan fingerprint density at radius 1 is 0.903 bits per heavy atom. The average molecular weight is 420 g/mol. The van der Waals surface area contributed by atoms with Gasteiger partial charge in [-0.25, -0.2) is 0 Å². The Bertz CT molecular complexity index is 1020. The molecule has 0 aliphatic carbocycles. The first-order chi connectivity index (χ1) is 15.3. The van der Waals surface area contributed by atoms with Crippen LogP contribution in [0.3, 0.4) is 0 Å². The average Bonchev–Trinajstić information content (AvgIpc) is 3.29. The largest absolute Gasteiger partial charge is 0.369 e. The molecule has 0 amide bonds. The monoisotopic (exact) mass is 419 g/mol. The van der Waals surface area contributed by atoms with Gasteiger partial charge in [-0.2, -0.15) is 9.97 Å². The topological polar surface area (TPSA) is 80.4 Å². The summed E-state index contributed by atoms with van der Waals surface area (Å²) in [6.07, 6.45) is 6.63. The lowest BCUT2D eigenvalue weighted by Crippen LogP contribution is -2.46. The fourth-order valence-corrected chi connectivity index (χ4v) is 4.51. The third-order valence-electron chi connectivity index (χ3n) is 6.24. The van der Waals surface area contributed by atoms with Gasteiger partial charge in [0.2, 0.25) is 5.95 Å². The van der Waals surface area contributed by atoms with Crippen LogP contribution in [0.15, 0.2) is 36.5 Å². The molecule has 2 saturated heterocycles.